The van der Waals surface area contributed by atoms with E-state index in [1.54, 1.807) is 24.5 Å². The molecule has 19 heavy (non-hydrogen) atoms. The molecule has 1 amide bonds. The van der Waals surface area contributed by atoms with Crippen molar-refractivity contribution < 1.29 is 4.79 Å². The van der Waals surface area contributed by atoms with Gasteiger partial charge in [-0.1, -0.05) is 13.8 Å². The lowest BCUT2D eigenvalue weighted by atomic mass is 9.79. The predicted octanol–water partition coefficient (Wildman–Crippen LogP) is 2.12. The second kappa shape index (κ2) is 7.08. The minimum atomic E-state index is -0.0130. The van der Waals surface area contributed by atoms with E-state index in [0.29, 0.717) is 5.56 Å². The zero-order chi connectivity index (χ0) is 12.5. The topological polar surface area (TPSA) is 59.2 Å². The van der Waals surface area contributed by atoms with Gasteiger partial charge in [0, 0.05) is 37.1 Å². The van der Waals surface area contributed by atoms with E-state index in [-0.39, 0.29) is 42.2 Å². The van der Waals surface area contributed by atoms with Crippen molar-refractivity contribution in [3.8, 4) is 0 Å². The highest BCUT2D eigenvalue weighted by atomic mass is 35.5. The number of carbonyl (C=O) groups is 1. The molecule has 4 nitrogen and oxygen atoms in total. The molecule has 6 heteroatoms. The first-order valence-corrected chi connectivity index (χ1v) is 5.95. The molecular weight excluding hydrogens is 285 g/mol. The van der Waals surface area contributed by atoms with Gasteiger partial charge in [-0.15, -0.1) is 24.8 Å². The van der Waals surface area contributed by atoms with Crippen molar-refractivity contribution in [2.24, 2.45) is 11.1 Å². The van der Waals surface area contributed by atoms with Crippen molar-refractivity contribution in [1.29, 1.82) is 0 Å². The number of rotatable bonds is 1. The van der Waals surface area contributed by atoms with E-state index >= 15 is 0 Å². The number of piperidine rings is 1. The smallest absolute Gasteiger partial charge is 0.253 e. The molecule has 1 aliphatic heterocycles. The van der Waals surface area contributed by atoms with Crippen LogP contribution in [0.5, 0.6) is 0 Å². The number of aromatic nitrogens is 1. The van der Waals surface area contributed by atoms with Gasteiger partial charge in [0.15, 0.2) is 0 Å². The number of hydrogen-bond donors (Lipinski definition) is 1. The van der Waals surface area contributed by atoms with Crippen LogP contribution in [-0.4, -0.2) is 34.9 Å². The number of hydrogen-bond acceptors (Lipinski definition) is 3. The number of carbonyl (C=O) groups excluding carboxylic acids is 1. The normalized spacial score (nSPS) is 21.0. The minimum Gasteiger partial charge on any atom is -0.338 e. The average molecular weight is 306 g/mol. The summed E-state index contributed by atoms with van der Waals surface area (Å²) in [6.07, 6.45) is 4.16. The Hall–Kier alpha value is -0.840. The first-order valence-electron chi connectivity index (χ1n) is 5.95. The van der Waals surface area contributed by atoms with Crippen LogP contribution in [0, 0.1) is 5.41 Å². The van der Waals surface area contributed by atoms with Crippen molar-refractivity contribution in [2.75, 3.05) is 13.1 Å². The molecule has 2 N–H and O–H groups in total. The highest BCUT2D eigenvalue weighted by Crippen LogP contribution is 2.28. The molecule has 1 aromatic heterocycles. The van der Waals surface area contributed by atoms with Crippen LogP contribution in [0.1, 0.15) is 30.6 Å². The Kier molecular flexibility index (Phi) is 6.77. The molecule has 1 aliphatic rings. The van der Waals surface area contributed by atoms with Crippen LogP contribution in [-0.2, 0) is 0 Å². The van der Waals surface area contributed by atoms with E-state index in [1.165, 1.54) is 0 Å². The number of nitrogens with two attached hydrogens (primary N) is 1. The Labute approximate surface area is 126 Å². The molecule has 2 heterocycles. The first kappa shape index (κ1) is 18.2. The van der Waals surface area contributed by atoms with Crippen LogP contribution in [0.25, 0.3) is 0 Å². The summed E-state index contributed by atoms with van der Waals surface area (Å²) < 4.78 is 0. The molecule has 2 rings (SSSR count). The molecule has 0 spiro atoms. The van der Waals surface area contributed by atoms with E-state index in [2.05, 4.69) is 18.8 Å². The van der Waals surface area contributed by atoms with Gasteiger partial charge in [-0.3, -0.25) is 9.78 Å². The Morgan fingerprint density at radius 2 is 1.95 bits per heavy atom. The summed E-state index contributed by atoms with van der Waals surface area (Å²) in [5, 5.41) is 0. The van der Waals surface area contributed by atoms with Crippen LogP contribution in [0.3, 0.4) is 0 Å². The van der Waals surface area contributed by atoms with Crippen molar-refractivity contribution in [1.82, 2.24) is 9.88 Å². The molecule has 0 radical (unpaired) electrons. The van der Waals surface area contributed by atoms with Crippen molar-refractivity contribution in [3.05, 3.63) is 30.1 Å². The molecule has 1 aromatic rings. The third-order valence-electron chi connectivity index (χ3n) is 3.53. The van der Waals surface area contributed by atoms with Crippen molar-refractivity contribution in [2.45, 2.75) is 26.3 Å². The zero-order valence-corrected chi connectivity index (χ0v) is 12.8. The van der Waals surface area contributed by atoms with Crippen LogP contribution in [0.15, 0.2) is 24.5 Å². The first-order chi connectivity index (χ1) is 8.00. The van der Waals surface area contributed by atoms with Crippen LogP contribution in [0.4, 0.5) is 0 Å². The molecule has 108 valence electrons. The molecule has 0 aliphatic carbocycles. The summed E-state index contributed by atoms with van der Waals surface area (Å²) in [4.78, 5) is 18.1. The molecule has 1 atom stereocenters. The van der Waals surface area contributed by atoms with Gasteiger partial charge in [-0.25, -0.2) is 0 Å². The summed E-state index contributed by atoms with van der Waals surface area (Å²) in [6, 6.07) is 3.68. The maximum atomic E-state index is 12.3. The lowest BCUT2D eigenvalue weighted by molar-refractivity contribution is 0.0533. The molecule has 0 aromatic carbocycles. The van der Waals surface area contributed by atoms with Gasteiger partial charge in [-0.05, 0) is 24.0 Å². The number of halogens is 2. The Bertz CT molecular complexity index is 412. The number of nitrogens with zero attached hydrogens (tertiary/aromatic N) is 2. The largest absolute Gasteiger partial charge is 0.338 e. The number of likely N-dealkylation sites (tertiary alicyclic amines) is 1. The summed E-state index contributed by atoms with van der Waals surface area (Å²) in [6.45, 7) is 5.69. The van der Waals surface area contributed by atoms with Crippen LogP contribution < -0.4 is 5.73 Å². The second-order valence-corrected chi connectivity index (χ2v) is 5.35. The Morgan fingerprint density at radius 3 is 2.47 bits per heavy atom. The minimum absolute atomic E-state index is 0. The van der Waals surface area contributed by atoms with Crippen LogP contribution >= 0.6 is 24.8 Å². The zero-order valence-electron chi connectivity index (χ0n) is 11.2. The summed E-state index contributed by atoms with van der Waals surface area (Å²) in [5.74, 6) is 0.0763. The fraction of sp³-hybridized carbons (Fsp3) is 0.538. The Morgan fingerprint density at radius 1 is 1.37 bits per heavy atom. The van der Waals surface area contributed by atoms with E-state index in [1.807, 2.05) is 4.90 Å². The fourth-order valence-corrected chi connectivity index (χ4v) is 2.22. The summed E-state index contributed by atoms with van der Waals surface area (Å²) in [5.41, 5.74) is 6.75. The van der Waals surface area contributed by atoms with Crippen molar-refractivity contribution in [3.63, 3.8) is 0 Å². The maximum Gasteiger partial charge on any atom is 0.253 e. The van der Waals surface area contributed by atoms with Gasteiger partial charge in [0.1, 0.15) is 0 Å². The lowest BCUT2D eigenvalue weighted by Gasteiger charge is -2.42. The van der Waals surface area contributed by atoms with E-state index in [9.17, 15) is 4.79 Å². The van der Waals surface area contributed by atoms with Gasteiger partial charge in [0.2, 0.25) is 0 Å². The molecule has 1 fully saturated rings. The number of pyridine rings is 1. The van der Waals surface area contributed by atoms with Gasteiger partial charge >= 0.3 is 0 Å². The van der Waals surface area contributed by atoms with Gasteiger partial charge < -0.3 is 10.6 Å². The monoisotopic (exact) mass is 305 g/mol. The maximum absolute atomic E-state index is 12.3. The standard InChI is InChI=1S/C13H19N3O.2ClH/c1-13(2)9-16(8-5-11(13)14)12(17)10-3-6-15-7-4-10;;/h3-4,6-7,11H,5,8-9,14H2,1-2H3;2*1H. The average Bonchev–Trinajstić information content (AvgIpc) is 2.33. The lowest BCUT2D eigenvalue weighted by Crippen LogP contribution is -2.53. The third-order valence-corrected chi connectivity index (χ3v) is 3.53. The molecule has 1 unspecified atom stereocenters. The van der Waals surface area contributed by atoms with Gasteiger partial charge in [0.25, 0.3) is 5.91 Å². The van der Waals surface area contributed by atoms with Gasteiger partial charge in [0.05, 0.1) is 0 Å². The second-order valence-electron chi connectivity index (χ2n) is 5.35. The highest BCUT2D eigenvalue weighted by Gasteiger charge is 2.35. The van der Waals surface area contributed by atoms with E-state index in [4.69, 9.17) is 5.73 Å². The SMILES string of the molecule is CC1(C)CN(C(=O)c2ccncc2)CCC1N.Cl.Cl. The van der Waals surface area contributed by atoms with E-state index in [0.717, 1.165) is 19.5 Å². The quantitative estimate of drug-likeness (QED) is 0.864. The molecule has 0 bridgehead atoms. The predicted molar refractivity (Wildman–Crippen MR) is 81.0 cm³/mol. The molecular formula is C13H21Cl2N3O. The fourth-order valence-electron chi connectivity index (χ4n) is 2.22. The van der Waals surface area contributed by atoms with E-state index < -0.39 is 0 Å². The van der Waals surface area contributed by atoms with Crippen LogP contribution in [0.2, 0.25) is 0 Å². The van der Waals surface area contributed by atoms with Crippen molar-refractivity contribution >= 4 is 30.7 Å². The highest BCUT2D eigenvalue weighted by molar-refractivity contribution is 5.94. The van der Waals surface area contributed by atoms with Gasteiger partial charge in [-0.2, -0.15) is 0 Å². The Balaban J connectivity index is 0.00000162. The summed E-state index contributed by atoms with van der Waals surface area (Å²) in [7, 11) is 0. The molecule has 0 saturated carbocycles. The third kappa shape index (κ3) is 4.06. The molecule has 1 saturated heterocycles. The number of amides is 1. The summed E-state index contributed by atoms with van der Waals surface area (Å²) >= 11 is 0.